The Hall–Kier alpha value is -2.11. The molecule has 2 aliphatic rings. The zero-order chi connectivity index (χ0) is 19.4. The van der Waals surface area contributed by atoms with E-state index in [-0.39, 0.29) is 30.4 Å². The lowest BCUT2D eigenvalue weighted by molar-refractivity contribution is -0.191. The lowest BCUT2D eigenvalue weighted by Crippen LogP contribution is -2.42. The van der Waals surface area contributed by atoms with E-state index in [9.17, 15) is 4.79 Å². The van der Waals surface area contributed by atoms with Gasteiger partial charge in [0.2, 0.25) is 0 Å². The fourth-order valence-corrected chi connectivity index (χ4v) is 3.77. The Labute approximate surface area is 160 Å². The minimum Gasteiger partial charge on any atom is -0.497 e. The first-order chi connectivity index (χ1) is 12.9. The summed E-state index contributed by atoms with van der Waals surface area (Å²) < 4.78 is 22.7. The Kier molecular flexibility index (Phi) is 6.02. The molecule has 1 saturated heterocycles. The van der Waals surface area contributed by atoms with E-state index in [2.05, 4.69) is 13.5 Å². The highest BCUT2D eigenvalue weighted by Crippen LogP contribution is 2.44. The first-order valence-corrected chi connectivity index (χ1v) is 9.34. The van der Waals surface area contributed by atoms with Crippen LogP contribution in [0.2, 0.25) is 0 Å². The fraction of sp³-hybridized carbons (Fsp3) is 0.500. The van der Waals surface area contributed by atoms with Gasteiger partial charge in [-0.15, -0.1) is 6.58 Å². The van der Waals surface area contributed by atoms with Crippen LogP contribution >= 0.6 is 0 Å². The van der Waals surface area contributed by atoms with Crippen molar-refractivity contribution in [1.29, 1.82) is 0 Å². The van der Waals surface area contributed by atoms with Crippen molar-refractivity contribution in [3.8, 4) is 5.75 Å². The molecule has 5 nitrogen and oxygen atoms in total. The molecular weight excluding hydrogens is 344 g/mol. The van der Waals surface area contributed by atoms with Gasteiger partial charge in [0.15, 0.2) is 6.29 Å². The Balaban J connectivity index is 1.73. The predicted molar refractivity (Wildman–Crippen MR) is 103 cm³/mol. The molecule has 1 heterocycles. The minimum atomic E-state index is -0.285. The molecule has 1 aromatic carbocycles. The lowest BCUT2D eigenvalue weighted by Gasteiger charge is -2.43. The summed E-state index contributed by atoms with van der Waals surface area (Å²) in [7, 11) is 1.66. The first kappa shape index (κ1) is 19.6. The summed E-state index contributed by atoms with van der Waals surface area (Å²) in [6.45, 7) is 8.30. The number of benzene rings is 1. The molecule has 5 heteroatoms. The number of ether oxygens (including phenoxy) is 4. The van der Waals surface area contributed by atoms with Crippen LogP contribution in [-0.2, 0) is 25.4 Å². The SMILES string of the molecule is C=C[C@]1(C)CC[C@@H]2O[C@H](Cc3ccc(OC)cc3)OCC2=C1COC(C)=O. The summed E-state index contributed by atoms with van der Waals surface area (Å²) in [5, 5.41) is 0. The predicted octanol–water partition coefficient (Wildman–Crippen LogP) is 3.83. The largest absolute Gasteiger partial charge is 0.497 e. The molecule has 0 unspecified atom stereocenters. The molecule has 3 atom stereocenters. The molecule has 1 aliphatic carbocycles. The number of carbonyl (C=O) groups excluding carboxylic acids is 1. The van der Waals surface area contributed by atoms with Crippen molar-refractivity contribution in [2.75, 3.05) is 20.3 Å². The molecule has 1 fully saturated rings. The van der Waals surface area contributed by atoms with Crippen molar-refractivity contribution in [2.45, 2.75) is 45.5 Å². The average molecular weight is 372 g/mol. The zero-order valence-electron chi connectivity index (χ0n) is 16.3. The van der Waals surface area contributed by atoms with Gasteiger partial charge in [-0.2, -0.15) is 0 Å². The van der Waals surface area contributed by atoms with Crippen molar-refractivity contribution in [3.05, 3.63) is 53.6 Å². The van der Waals surface area contributed by atoms with E-state index in [1.54, 1.807) is 7.11 Å². The van der Waals surface area contributed by atoms with Crippen molar-refractivity contribution < 1.29 is 23.7 Å². The molecule has 0 radical (unpaired) electrons. The summed E-state index contributed by atoms with van der Waals surface area (Å²) in [6.07, 6.45) is 4.17. The number of hydrogen-bond donors (Lipinski definition) is 0. The number of carbonyl (C=O) groups is 1. The number of rotatable bonds is 6. The van der Waals surface area contributed by atoms with Crippen LogP contribution < -0.4 is 4.74 Å². The third-order valence-corrected chi connectivity index (χ3v) is 5.56. The third kappa shape index (κ3) is 4.42. The van der Waals surface area contributed by atoms with Gasteiger partial charge in [0, 0.05) is 18.8 Å². The van der Waals surface area contributed by atoms with Crippen LogP contribution in [0.1, 0.15) is 32.3 Å². The second kappa shape index (κ2) is 8.28. The highest BCUT2D eigenvalue weighted by Gasteiger charge is 2.40. The van der Waals surface area contributed by atoms with E-state index in [1.165, 1.54) is 6.92 Å². The van der Waals surface area contributed by atoms with Crippen molar-refractivity contribution in [3.63, 3.8) is 0 Å². The number of fused-ring (bicyclic) bond motifs is 1. The maximum absolute atomic E-state index is 11.3. The second-order valence-corrected chi connectivity index (χ2v) is 7.36. The molecular formula is C22H28O5. The third-order valence-electron chi connectivity index (χ3n) is 5.56. The summed E-state index contributed by atoms with van der Waals surface area (Å²) in [6, 6.07) is 7.94. The molecule has 0 bridgehead atoms. The first-order valence-electron chi connectivity index (χ1n) is 9.34. The lowest BCUT2D eigenvalue weighted by atomic mass is 9.70. The van der Waals surface area contributed by atoms with Crippen LogP contribution in [0.4, 0.5) is 0 Å². The Morgan fingerprint density at radius 3 is 2.74 bits per heavy atom. The van der Waals surface area contributed by atoms with Crippen molar-refractivity contribution >= 4 is 5.97 Å². The molecule has 0 N–H and O–H groups in total. The van der Waals surface area contributed by atoms with Crippen molar-refractivity contribution in [1.82, 2.24) is 0 Å². The summed E-state index contributed by atoms with van der Waals surface area (Å²) in [5.74, 6) is 0.548. The van der Waals surface area contributed by atoms with Crippen LogP contribution in [0.25, 0.3) is 0 Å². The average Bonchev–Trinajstić information content (AvgIpc) is 2.67. The van der Waals surface area contributed by atoms with Crippen LogP contribution in [0.5, 0.6) is 5.75 Å². The second-order valence-electron chi connectivity index (χ2n) is 7.36. The topological polar surface area (TPSA) is 54.0 Å². The van der Waals surface area contributed by atoms with Gasteiger partial charge < -0.3 is 18.9 Å². The van der Waals surface area contributed by atoms with Gasteiger partial charge in [0.05, 0.1) is 19.8 Å². The van der Waals surface area contributed by atoms with Gasteiger partial charge >= 0.3 is 5.97 Å². The normalized spacial score (nSPS) is 27.7. The van der Waals surface area contributed by atoms with E-state index in [0.717, 1.165) is 35.3 Å². The molecule has 3 rings (SSSR count). The molecule has 0 amide bonds. The molecule has 0 spiro atoms. The zero-order valence-corrected chi connectivity index (χ0v) is 16.3. The minimum absolute atomic E-state index is 0.000538. The summed E-state index contributed by atoms with van der Waals surface area (Å²) in [4.78, 5) is 11.3. The number of methoxy groups -OCH3 is 1. The molecule has 0 aromatic heterocycles. The monoisotopic (exact) mass is 372 g/mol. The maximum atomic E-state index is 11.3. The smallest absolute Gasteiger partial charge is 0.302 e. The van der Waals surface area contributed by atoms with Crippen LogP contribution in [0.15, 0.2) is 48.1 Å². The van der Waals surface area contributed by atoms with Gasteiger partial charge in [-0.1, -0.05) is 25.1 Å². The highest BCUT2D eigenvalue weighted by atomic mass is 16.7. The standard InChI is InChI=1S/C22H28O5/c1-5-22(3)11-10-20-18(19(22)14-25-15(2)23)13-26-21(27-20)12-16-6-8-17(24-4)9-7-16/h5-9,20-21H,1,10-14H2,2-4H3/t20-,21+,22+/m0/s1. The number of esters is 1. The fourth-order valence-electron chi connectivity index (χ4n) is 3.77. The van der Waals surface area contributed by atoms with Crippen LogP contribution in [-0.4, -0.2) is 38.7 Å². The van der Waals surface area contributed by atoms with Crippen LogP contribution in [0, 0.1) is 5.41 Å². The van der Waals surface area contributed by atoms with Gasteiger partial charge in [-0.25, -0.2) is 0 Å². The molecule has 1 aliphatic heterocycles. The van der Waals surface area contributed by atoms with E-state index >= 15 is 0 Å². The number of allylic oxidation sites excluding steroid dienone is 1. The Morgan fingerprint density at radius 1 is 1.37 bits per heavy atom. The van der Waals surface area contributed by atoms with E-state index in [0.29, 0.717) is 13.0 Å². The van der Waals surface area contributed by atoms with Gasteiger partial charge in [-0.05, 0) is 41.7 Å². The van der Waals surface area contributed by atoms with Gasteiger partial charge in [0.25, 0.3) is 0 Å². The quantitative estimate of drug-likeness (QED) is 0.561. The van der Waals surface area contributed by atoms with E-state index in [4.69, 9.17) is 18.9 Å². The highest BCUT2D eigenvalue weighted by molar-refractivity contribution is 5.66. The Bertz CT molecular complexity index is 721. The summed E-state index contributed by atoms with van der Waals surface area (Å²) in [5.41, 5.74) is 3.10. The summed E-state index contributed by atoms with van der Waals surface area (Å²) >= 11 is 0. The Morgan fingerprint density at radius 2 is 2.11 bits per heavy atom. The van der Waals surface area contributed by atoms with E-state index < -0.39 is 0 Å². The van der Waals surface area contributed by atoms with Crippen molar-refractivity contribution in [2.24, 2.45) is 5.41 Å². The maximum Gasteiger partial charge on any atom is 0.302 e. The molecule has 1 aromatic rings. The molecule has 146 valence electrons. The molecule has 0 saturated carbocycles. The van der Waals surface area contributed by atoms with Gasteiger partial charge in [0.1, 0.15) is 12.4 Å². The van der Waals surface area contributed by atoms with Crippen LogP contribution in [0.3, 0.4) is 0 Å². The van der Waals surface area contributed by atoms with Gasteiger partial charge in [-0.3, -0.25) is 4.79 Å². The number of hydrogen-bond acceptors (Lipinski definition) is 5. The van der Waals surface area contributed by atoms with E-state index in [1.807, 2.05) is 30.3 Å². The molecule has 27 heavy (non-hydrogen) atoms.